The Morgan fingerprint density at radius 1 is 1.25 bits per heavy atom. The van der Waals surface area contributed by atoms with Crippen LogP contribution in [-0.4, -0.2) is 43.8 Å². The van der Waals surface area contributed by atoms with Gasteiger partial charge in [0.05, 0.1) is 34.8 Å². The molecular formula is C22H26F3N5O2. The Kier molecular flexibility index (Phi) is 5.72. The lowest BCUT2D eigenvalue weighted by atomic mass is 9.91. The quantitative estimate of drug-likeness (QED) is 0.590. The second kappa shape index (κ2) is 8.22. The molecule has 0 unspecified atom stereocenters. The van der Waals surface area contributed by atoms with E-state index in [0.717, 1.165) is 17.5 Å². The van der Waals surface area contributed by atoms with Crippen LogP contribution in [0.4, 0.5) is 13.2 Å². The molecule has 10 heteroatoms. The molecule has 0 aromatic carbocycles. The molecule has 0 radical (unpaired) electrons. The lowest BCUT2D eigenvalue weighted by molar-refractivity contribution is -0.137. The van der Waals surface area contributed by atoms with Gasteiger partial charge in [-0.2, -0.15) is 18.3 Å². The van der Waals surface area contributed by atoms with Gasteiger partial charge in [0.25, 0.3) is 5.71 Å². The third kappa shape index (κ3) is 4.22. The van der Waals surface area contributed by atoms with Crippen LogP contribution >= 0.6 is 0 Å². The van der Waals surface area contributed by atoms with Gasteiger partial charge in [0.15, 0.2) is 0 Å². The molecule has 1 fully saturated rings. The van der Waals surface area contributed by atoms with Crippen LogP contribution in [0.1, 0.15) is 54.0 Å². The summed E-state index contributed by atoms with van der Waals surface area (Å²) in [5.41, 5.74) is 1.40. The number of piperidine rings is 1. The van der Waals surface area contributed by atoms with Crippen molar-refractivity contribution in [2.24, 2.45) is 5.92 Å². The number of hydrogen-bond donors (Lipinski definition) is 0. The monoisotopic (exact) mass is 449 g/mol. The Morgan fingerprint density at radius 2 is 2.00 bits per heavy atom. The van der Waals surface area contributed by atoms with E-state index in [4.69, 9.17) is 4.52 Å². The lowest BCUT2D eigenvalue weighted by Crippen LogP contribution is -2.42. The smallest absolute Gasteiger partial charge is 0.342 e. The van der Waals surface area contributed by atoms with Crippen molar-refractivity contribution in [2.75, 3.05) is 13.1 Å². The summed E-state index contributed by atoms with van der Waals surface area (Å²) >= 11 is 0. The Bertz CT molecular complexity index is 1150. The van der Waals surface area contributed by atoms with Gasteiger partial charge in [0.2, 0.25) is 5.91 Å². The molecule has 4 rings (SSSR count). The van der Waals surface area contributed by atoms with Gasteiger partial charge in [-0.15, -0.1) is 0 Å². The molecule has 7 nitrogen and oxygen atoms in total. The number of hydrogen-bond acceptors (Lipinski definition) is 5. The fourth-order valence-corrected chi connectivity index (χ4v) is 4.51. The van der Waals surface area contributed by atoms with Gasteiger partial charge in [-0.3, -0.25) is 9.48 Å². The molecule has 4 heterocycles. The lowest BCUT2D eigenvalue weighted by Gasteiger charge is -2.33. The summed E-state index contributed by atoms with van der Waals surface area (Å²) < 4.78 is 48.1. The summed E-state index contributed by atoms with van der Waals surface area (Å²) in [7, 11) is 0. The molecule has 0 saturated carbocycles. The molecule has 0 bridgehead atoms. The van der Waals surface area contributed by atoms with Crippen molar-refractivity contribution in [3.8, 4) is 0 Å². The summed E-state index contributed by atoms with van der Waals surface area (Å²) in [4.78, 5) is 18.9. The number of fused-ring (bicyclic) bond motifs is 1. The van der Waals surface area contributed by atoms with Gasteiger partial charge < -0.3 is 9.42 Å². The predicted molar refractivity (Wildman–Crippen MR) is 111 cm³/mol. The number of carbonyl (C=O) groups is 1. The zero-order valence-electron chi connectivity index (χ0n) is 18.5. The van der Waals surface area contributed by atoms with Crippen LogP contribution < -0.4 is 0 Å². The normalized spacial score (nSPS) is 18.3. The van der Waals surface area contributed by atoms with E-state index in [-0.39, 0.29) is 40.2 Å². The highest BCUT2D eigenvalue weighted by Gasteiger charge is 2.38. The molecule has 1 aliphatic rings. The van der Waals surface area contributed by atoms with E-state index in [0.29, 0.717) is 32.5 Å². The molecule has 0 N–H and O–H groups in total. The van der Waals surface area contributed by atoms with E-state index < -0.39 is 11.7 Å². The van der Waals surface area contributed by atoms with Crippen molar-refractivity contribution >= 4 is 17.0 Å². The Balaban J connectivity index is 1.57. The number of rotatable bonds is 4. The zero-order chi connectivity index (χ0) is 23.2. The van der Waals surface area contributed by atoms with E-state index in [2.05, 4.69) is 15.2 Å². The highest BCUT2D eigenvalue weighted by molar-refractivity contribution is 5.82. The molecule has 1 saturated heterocycles. The van der Waals surface area contributed by atoms with Crippen molar-refractivity contribution < 1.29 is 22.5 Å². The summed E-state index contributed by atoms with van der Waals surface area (Å²) in [5, 5.41) is 8.28. The van der Waals surface area contributed by atoms with Crippen LogP contribution in [0.15, 0.2) is 16.7 Å². The first-order chi connectivity index (χ1) is 15.0. The minimum Gasteiger partial charge on any atom is -0.342 e. The summed E-state index contributed by atoms with van der Waals surface area (Å²) in [5.74, 6) is -0.698. The molecule has 2 atom stereocenters. The molecule has 172 valence electrons. The van der Waals surface area contributed by atoms with Crippen LogP contribution in [0, 0.1) is 26.7 Å². The first-order valence-corrected chi connectivity index (χ1v) is 10.7. The number of carbonyl (C=O) groups excluding carboxylic acids is 1. The van der Waals surface area contributed by atoms with Crippen molar-refractivity contribution in [3.63, 3.8) is 0 Å². The number of halogens is 3. The van der Waals surface area contributed by atoms with Crippen molar-refractivity contribution in [2.45, 2.75) is 59.2 Å². The van der Waals surface area contributed by atoms with Crippen LogP contribution in [0.25, 0.3) is 11.1 Å². The summed E-state index contributed by atoms with van der Waals surface area (Å²) in [6.07, 6.45) is -3.24. The van der Waals surface area contributed by atoms with Gasteiger partial charge in [0.1, 0.15) is 0 Å². The van der Waals surface area contributed by atoms with Crippen LogP contribution in [0.2, 0.25) is 0 Å². The van der Waals surface area contributed by atoms with Gasteiger partial charge in [-0.1, -0.05) is 12.1 Å². The highest BCUT2D eigenvalue weighted by atomic mass is 19.4. The van der Waals surface area contributed by atoms with E-state index in [1.54, 1.807) is 4.90 Å². The Hall–Kier alpha value is -2.91. The van der Waals surface area contributed by atoms with Crippen LogP contribution in [0.3, 0.4) is 0 Å². The number of amides is 1. The fraction of sp³-hybridized carbons (Fsp3) is 0.545. The molecular weight excluding hydrogens is 423 g/mol. The second-order valence-corrected chi connectivity index (χ2v) is 8.69. The largest absolute Gasteiger partial charge is 0.417 e. The van der Waals surface area contributed by atoms with Crippen molar-refractivity contribution in [1.29, 1.82) is 0 Å². The van der Waals surface area contributed by atoms with E-state index >= 15 is 0 Å². The van der Waals surface area contributed by atoms with Crippen LogP contribution in [-0.2, 0) is 17.5 Å². The average Bonchev–Trinajstić information content (AvgIpc) is 3.28. The molecule has 3 aromatic rings. The number of aryl methyl sites for hydroxylation is 3. The average molecular weight is 449 g/mol. The van der Waals surface area contributed by atoms with Gasteiger partial charge in [0, 0.05) is 30.4 Å². The predicted octanol–water partition coefficient (Wildman–Crippen LogP) is 4.41. The topological polar surface area (TPSA) is 77.0 Å². The van der Waals surface area contributed by atoms with Crippen molar-refractivity contribution in [1.82, 2.24) is 24.8 Å². The first kappa shape index (κ1) is 22.3. The third-order valence-corrected chi connectivity index (χ3v) is 6.00. The van der Waals surface area contributed by atoms with Gasteiger partial charge in [-0.05, 0) is 45.7 Å². The Labute approximate surface area is 183 Å². The SMILES string of the molecule is Cc1cc(C(F)(F)F)c2c([C@@H]3CCCN(C(=O)[C@@H](C)Cn4nc(C)cc4C)C3)noc2n1. The molecule has 1 amide bonds. The zero-order valence-corrected chi connectivity index (χ0v) is 18.5. The fourth-order valence-electron chi connectivity index (χ4n) is 4.51. The maximum Gasteiger partial charge on any atom is 0.417 e. The third-order valence-electron chi connectivity index (χ3n) is 6.00. The number of nitrogens with zero attached hydrogens (tertiary/aromatic N) is 5. The number of likely N-dealkylation sites (tertiary alicyclic amines) is 1. The molecule has 0 spiro atoms. The number of pyridine rings is 1. The van der Waals surface area contributed by atoms with Gasteiger partial charge >= 0.3 is 6.18 Å². The van der Waals surface area contributed by atoms with Crippen molar-refractivity contribution in [3.05, 3.63) is 40.5 Å². The summed E-state index contributed by atoms with van der Waals surface area (Å²) in [6.45, 7) is 8.50. The molecule has 3 aromatic heterocycles. The van der Waals surface area contributed by atoms with E-state index in [1.165, 1.54) is 6.92 Å². The molecule has 32 heavy (non-hydrogen) atoms. The highest BCUT2D eigenvalue weighted by Crippen LogP contribution is 2.40. The Morgan fingerprint density at radius 3 is 2.66 bits per heavy atom. The maximum absolute atomic E-state index is 13.7. The number of alkyl halides is 3. The van der Waals surface area contributed by atoms with Crippen LogP contribution in [0.5, 0.6) is 0 Å². The maximum atomic E-state index is 13.7. The molecule has 0 aliphatic carbocycles. The minimum atomic E-state index is -4.55. The number of aromatic nitrogens is 4. The minimum absolute atomic E-state index is 0.0416. The molecule has 1 aliphatic heterocycles. The standard InChI is InChI=1S/C22H26F3N5O2/c1-12(10-30-15(4)8-14(3)27-30)21(31)29-7-5-6-16(11-29)19-18-17(22(23,24)25)9-13(2)26-20(18)32-28-19/h8-9,12,16H,5-7,10-11H2,1-4H3/t12-,16+/m0/s1. The van der Waals surface area contributed by atoms with Gasteiger partial charge in [-0.25, -0.2) is 4.98 Å². The summed E-state index contributed by atoms with van der Waals surface area (Å²) in [6, 6.07) is 2.98. The first-order valence-electron chi connectivity index (χ1n) is 10.7. The van der Waals surface area contributed by atoms with E-state index in [1.807, 2.05) is 31.5 Å². The second-order valence-electron chi connectivity index (χ2n) is 8.69. The van der Waals surface area contributed by atoms with E-state index in [9.17, 15) is 18.0 Å².